The maximum Gasteiger partial charge on any atom is 0.231 e. The lowest BCUT2D eigenvalue weighted by Gasteiger charge is -2.24. The van der Waals surface area contributed by atoms with Crippen LogP contribution < -0.4 is 19.1 Å². The number of anilines is 1. The van der Waals surface area contributed by atoms with Crippen molar-refractivity contribution in [1.29, 1.82) is 0 Å². The zero-order valence-electron chi connectivity index (χ0n) is 16.8. The average Bonchev–Trinajstić information content (AvgIpc) is 3.32. The SMILES string of the molecule is COc1ccc2c(c1)SC(c1cc3c(cc1Cl)OCO3)CCN2Cc1nc[nH]c1C. The van der Waals surface area contributed by atoms with Crippen molar-refractivity contribution in [3.63, 3.8) is 0 Å². The number of nitrogens with one attached hydrogen (secondary N) is 1. The fourth-order valence-corrected chi connectivity index (χ4v) is 5.58. The van der Waals surface area contributed by atoms with E-state index in [0.29, 0.717) is 10.8 Å². The van der Waals surface area contributed by atoms with Gasteiger partial charge in [-0.3, -0.25) is 0 Å². The van der Waals surface area contributed by atoms with Crippen LogP contribution in [0.1, 0.15) is 28.6 Å². The number of ether oxygens (including phenoxy) is 3. The number of aromatic amines is 1. The van der Waals surface area contributed by atoms with Gasteiger partial charge in [-0.1, -0.05) is 11.6 Å². The number of imidazole rings is 1. The van der Waals surface area contributed by atoms with E-state index in [-0.39, 0.29) is 12.0 Å². The number of halogens is 1. The molecule has 0 saturated carbocycles. The minimum atomic E-state index is 0.183. The van der Waals surface area contributed by atoms with Gasteiger partial charge in [0.25, 0.3) is 0 Å². The fourth-order valence-electron chi connectivity index (χ4n) is 3.87. The summed E-state index contributed by atoms with van der Waals surface area (Å²) in [6.07, 6.45) is 2.69. The lowest BCUT2D eigenvalue weighted by molar-refractivity contribution is 0.174. The molecule has 0 spiro atoms. The molecule has 156 valence electrons. The van der Waals surface area contributed by atoms with Crippen LogP contribution in [-0.2, 0) is 6.54 Å². The van der Waals surface area contributed by atoms with E-state index in [1.807, 2.05) is 30.0 Å². The number of hydrogen-bond donors (Lipinski definition) is 1. The Morgan fingerprint density at radius 2 is 2.10 bits per heavy atom. The second-order valence-corrected chi connectivity index (χ2v) is 9.00. The van der Waals surface area contributed by atoms with Gasteiger partial charge in [-0.2, -0.15) is 0 Å². The van der Waals surface area contributed by atoms with Crippen LogP contribution in [0.3, 0.4) is 0 Å². The third kappa shape index (κ3) is 3.56. The van der Waals surface area contributed by atoms with Crippen molar-refractivity contribution in [1.82, 2.24) is 9.97 Å². The molecule has 1 aromatic heterocycles. The van der Waals surface area contributed by atoms with Crippen LogP contribution in [0, 0.1) is 6.92 Å². The number of hydrogen-bond acceptors (Lipinski definition) is 6. The summed E-state index contributed by atoms with van der Waals surface area (Å²) < 4.78 is 16.6. The number of thioether (sulfide) groups is 1. The van der Waals surface area contributed by atoms with Crippen molar-refractivity contribution in [3.8, 4) is 17.2 Å². The normalized spacial score (nSPS) is 17.6. The molecule has 1 atom stereocenters. The Hall–Kier alpha value is -2.51. The molecule has 0 amide bonds. The lowest BCUT2D eigenvalue weighted by Crippen LogP contribution is -2.24. The molecule has 5 rings (SSSR count). The first kappa shape index (κ1) is 19.5. The molecule has 3 heterocycles. The Kier molecular flexibility index (Phi) is 5.16. The van der Waals surface area contributed by atoms with Gasteiger partial charge in [0.2, 0.25) is 6.79 Å². The van der Waals surface area contributed by atoms with Crippen LogP contribution >= 0.6 is 23.4 Å². The lowest BCUT2D eigenvalue weighted by atomic mass is 10.1. The van der Waals surface area contributed by atoms with Crippen molar-refractivity contribution in [2.45, 2.75) is 30.0 Å². The van der Waals surface area contributed by atoms with Crippen LogP contribution in [-0.4, -0.2) is 30.4 Å². The van der Waals surface area contributed by atoms with Crippen molar-refractivity contribution < 1.29 is 14.2 Å². The van der Waals surface area contributed by atoms with Gasteiger partial charge in [-0.15, -0.1) is 11.8 Å². The number of benzene rings is 2. The van der Waals surface area contributed by atoms with Crippen molar-refractivity contribution in [2.75, 3.05) is 25.3 Å². The first-order valence-corrected chi connectivity index (χ1v) is 11.1. The highest BCUT2D eigenvalue weighted by Crippen LogP contribution is 2.50. The summed E-state index contributed by atoms with van der Waals surface area (Å²) in [4.78, 5) is 11.2. The molecule has 0 fully saturated rings. The van der Waals surface area contributed by atoms with E-state index < -0.39 is 0 Å². The van der Waals surface area contributed by atoms with Gasteiger partial charge in [-0.25, -0.2) is 4.98 Å². The summed E-state index contributed by atoms with van der Waals surface area (Å²) in [6, 6.07) is 10.1. The van der Waals surface area contributed by atoms with E-state index in [1.54, 1.807) is 13.4 Å². The van der Waals surface area contributed by atoms with Gasteiger partial charge in [0, 0.05) is 33.5 Å². The molecule has 8 heteroatoms. The molecule has 2 aliphatic rings. The van der Waals surface area contributed by atoms with E-state index in [2.05, 4.69) is 33.9 Å². The molecule has 0 aliphatic carbocycles. The highest BCUT2D eigenvalue weighted by molar-refractivity contribution is 7.99. The topological polar surface area (TPSA) is 59.6 Å². The van der Waals surface area contributed by atoms with E-state index in [4.69, 9.17) is 25.8 Å². The smallest absolute Gasteiger partial charge is 0.231 e. The molecule has 30 heavy (non-hydrogen) atoms. The second kappa shape index (κ2) is 7.96. The monoisotopic (exact) mass is 443 g/mol. The molecule has 1 N–H and O–H groups in total. The summed E-state index contributed by atoms with van der Waals surface area (Å²) >= 11 is 8.46. The summed E-state index contributed by atoms with van der Waals surface area (Å²) in [5.41, 5.74) is 4.40. The molecule has 0 bridgehead atoms. The predicted octanol–water partition coefficient (Wildman–Crippen LogP) is 5.35. The number of aromatic nitrogens is 2. The second-order valence-electron chi connectivity index (χ2n) is 7.35. The van der Waals surface area contributed by atoms with Crippen molar-refractivity contribution >= 4 is 29.1 Å². The summed E-state index contributed by atoms with van der Waals surface area (Å²) in [5.74, 6) is 2.31. The molecule has 0 saturated heterocycles. The molecule has 2 aliphatic heterocycles. The van der Waals surface area contributed by atoms with E-state index in [9.17, 15) is 0 Å². The largest absolute Gasteiger partial charge is 0.497 e. The number of aryl methyl sites for hydroxylation is 1. The predicted molar refractivity (Wildman–Crippen MR) is 118 cm³/mol. The molecule has 2 aromatic carbocycles. The Bertz CT molecular complexity index is 1090. The minimum absolute atomic E-state index is 0.183. The summed E-state index contributed by atoms with van der Waals surface area (Å²) in [6.45, 7) is 3.92. The molecular weight excluding hydrogens is 422 g/mol. The maximum absolute atomic E-state index is 6.65. The fraction of sp³-hybridized carbons (Fsp3) is 0.318. The van der Waals surface area contributed by atoms with Crippen molar-refractivity contribution in [3.05, 3.63) is 58.6 Å². The molecule has 6 nitrogen and oxygen atoms in total. The minimum Gasteiger partial charge on any atom is -0.497 e. The Morgan fingerprint density at radius 1 is 1.27 bits per heavy atom. The molecule has 0 radical (unpaired) electrons. The van der Waals surface area contributed by atoms with Crippen LogP contribution in [0.15, 0.2) is 41.6 Å². The van der Waals surface area contributed by atoms with Gasteiger partial charge in [-0.05, 0) is 43.2 Å². The molecule has 3 aromatic rings. The van der Waals surface area contributed by atoms with Gasteiger partial charge in [0.1, 0.15) is 5.75 Å². The van der Waals surface area contributed by atoms with Crippen LogP contribution in [0.25, 0.3) is 0 Å². The van der Waals surface area contributed by atoms with E-state index in [1.165, 1.54) is 10.6 Å². The maximum atomic E-state index is 6.65. The number of fused-ring (bicyclic) bond motifs is 2. The first-order chi connectivity index (χ1) is 14.6. The molecular formula is C22H22ClN3O3S. The highest BCUT2D eigenvalue weighted by Gasteiger charge is 2.28. The van der Waals surface area contributed by atoms with Gasteiger partial charge in [0.05, 0.1) is 31.4 Å². The Labute approximate surface area is 184 Å². The van der Waals surface area contributed by atoms with Crippen molar-refractivity contribution in [2.24, 2.45) is 0 Å². The average molecular weight is 444 g/mol. The number of nitrogens with zero attached hydrogens (tertiary/aromatic N) is 2. The van der Waals surface area contributed by atoms with Gasteiger partial charge < -0.3 is 24.1 Å². The van der Waals surface area contributed by atoms with Crippen LogP contribution in [0.5, 0.6) is 17.2 Å². The number of rotatable bonds is 4. The van der Waals surface area contributed by atoms with Gasteiger partial charge >= 0.3 is 0 Å². The summed E-state index contributed by atoms with van der Waals surface area (Å²) in [5, 5.41) is 0.890. The first-order valence-electron chi connectivity index (χ1n) is 9.80. The summed E-state index contributed by atoms with van der Waals surface area (Å²) in [7, 11) is 1.69. The van der Waals surface area contributed by atoms with Crippen LogP contribution in [0.2, 0.25) is 5.02 Å². The van der Waals surface area contributed by atoms with Gasteiger partial charge in [0.15, 0.2) is 11.5 Å². The molecule has 1 unspecified atom stereocenters. The third-order valence-electron chi connectivity index (χ3n) is 5.55. The standard InChI is InChI=1S/C22H22ClN3O3S/c1-13-17(25-11-24-13)10-26-6-5-21(30-22-7-14(27-2)3-4-18(22)26)15-8-19-20(9-16(15)23)29-12-28-19/h3-4,7-9,11,21H,5-6,10,12H2,1-2H3,(H,24,25). The Morgan fingerprint density at radius 3 is 2.87 bits per heavy atom. The third-order valence-corrected chi connectivity index (χ3v) is 7.23. The zero-order chi connectivity index (χ0) is 20.7. The van der Waals surface area contributed by atoms with E-state index >= 15 is 0 Å². The quantitative estimate of drug-likeness (QED) is 0.586. The van der Waals surface area contributed by atoms with Crippen LogP contribution in [0.4, 0.5) is 5.69 Å². The Balaban J connectivity index is 1.51. The number of methoxy groups -OCH3 is 1. The highest BCUT2D eigenvalue weighted by atomic mass is 35.5. The zero-order valence-corrected chi connectivity index (χ0v) is 18.3. The number of H-pyrrole nitrogens is 1. The van der Waals surface area contributed by atoms with E-state index in [0.717, 1.165) is 48.0 Å².